The molecule has 0 bridgehead atoms. The molecule has 0 aliphatic carbocycles. The van der Waals surface area contributed by atoms with Gasteiger partial charge in [-0.15, -0.1) is 11.8 Å². The van der Waals surface area contributed by atoms with Gasteiger partial charge < -0.3 is 5.11 Å². The van der Waals surface area contributed by atoms with Crippen molar-refractivity contribution in [3.8, 4) is 0 Å². The summed E-state index contributed by atoms with van der Waals surface area (Å²) < 4.78 is 0. The lowest BCUT2D eigenvalue weighted by atomic mass is 10.0. The number of aryl methyl sites for hydroxylation is 2. The van der Waals surface area contributed by atoms with Crippen LogP contribution in [0.25, 0.3) is 0 Å². The Kier molecular flexibility index (Phi) is 3.58. The van der Waals surface area contributed by atoms with Crippen molar-refractivity contribution in [2.24, 2.45) is 0 Å². The summed E-state index contributed by atoms with van der Waals surface area (Å²) in [6, 6.07) is 4.02. The summed E-state index contributed by atoms with van der Waals surface area (Å²) in [5.74, 6) is -0.774. The topological polar surface area (TPSA) is 37.3 Å². The first-order chi connectivity index (χ1) is 6.54. The van der Waals surface area contributed by atoms with Gasteiger partial charge in [-0.2, -0.15) is 0 Å². The molecule has 0 fully saturated rings. The minimum Gasteiger partial charge on any atom is -0.481 e. The summed E-state index contributed by atoms with van der Waals surface area (Å²) in [5.41, 5.74) is 3.27. The van der Waals surface area contributed by atoms with E-state index < -0.39 is 5.97 Å². The Morgan fingerprint density at radius 3 is 2.43 bits per heavy atom. The summed E-state index contributed by atoms with van der Waals surface area (Å²) in [6.07, 6.45) is 2.08. The molecule has 0 saturated carbocycles. The van der Waals surface area contributed by atoms with Crippen LogP contribution in [-0.2, 0) is 11.2 Å². The third-order valence-corrected chi connectivity index (χ3v) is 3.06. The largest absolute Gasteiger partial charge is 0.481 e. The molecule has 0 radical (unpaired) electrons. The third kappa shape index (κ3) is 2.51. The van der Waals surface area contributed by atoms with E-state index in [0.29, 0.717) is 0 Å². The molecule has 3 heteroatoms. The van der Waals surface area contributed by atoms with E-state index in [9.17, 15) is 4.79 Å². The lowest BCUT2D eigenvalue weighted by Gasteiger charge is -2.09. The van der Waals surface area contributed by atoms with E-state index in [4.69, 9.17) is 5.11 Å². The highest BCUT2D eigenvalue weighted by Crippen LogP contribution is 2.24. The lowest BCUT2D eigenvalue weighted by Crippen LogP contribution is -2.02. The van der Waals surface area contributed by atoms with Crippen LogP contribution in [-0.4, -0.2) is 17.3 Å². The molecule has 1 rings (SSSR count). The SMILES string of the molecule is CSc1cc(C)c(C)cc1CC(=O)O. The first kappa shape index (κ1) is 11.1. The molecule has 0 spiro atoms. The molecule has 1 aromatic rings. The van der Waals surface area contributed by atoms with Gasteiger partial charge in [0.05, 0.1) is 6.42 Å². The molecule has 0 aliphatic rings. The highest BCUT2D eigenvalue weighted by atomic mass is 32.2. The van der Waals surface area contributed by atoms with Crippen LogP contribution in [0, 0.1) is 13.8 Å². The maximum atomic E-state index is 10.6. The van der Waals surface area contributed by atoms with Gasteiger partial charge in [0.1, 0.15) is 0 Å². The molecule has 0 aromatic heterocycles. The minimum atomic E-state index is -0.774. The zero-order valence-corrected chi connectivity index (χ0v) is 9.44. The maximum absolute atomic E-state index is 10.6. The van der Waals surface area contributed by atoms with Crippen molar-refractivity contribution in [3.63, 3.8) is 0 Å². The zero-order chi connectivity index (χ0) is 10.7. The van der Waals surface area contributed by atoms with Crippen LogP contribution in [0.15, 0.2) is 17.0 Å². The Morgan fingerprint density at radius 2 is 1.93 bits per heavy atom. The van der Waals surface area contributed by atoms with Gasteiger partial charge in [0.25, 0.3) is 0 Å². The Morgan fingerprint density at radius 1 is 1.36 bits per heavy atom. The summed E-state index contributed by atoms with van der Waals surface area (Å²) >= 11 is 1.60. The predicted octanol–water partition coefficient (Wildman–Crippen LogP) is 2.65. The second-order valence-corrected chi connectivity index (χ2v) is 4.17. The summed E-state index contributed by atoms with van der Waals surface area (Å²) in [6.45, 7) is 4.05. The molecule has 76 valence electrons. The predicted molar refractivity (Wildman–Crippen MR) is 59.0 cm³/mol. The summed E-state index contributed by atoms with van der Waals surface area (Å²) in [4.78, 5) is 11.7. The lowest BCUT2D eigenvalue weighted by molar-refractivity contribution is -0.136. The molecule has 0 heterocycles. The van der Waals surface area contributed by atoms with Crippen molar-refractivity contribution >= 4 is 17.7 Å². The first-order valence-corrected chi connectivity index (χ1v) is 5.63. The van der Waals surface area contributed by atoms with Gasteiger partial charge >= 0.3 is 5.97 Å². The second kappa shape index (κ2) is 4.51. The van der Waals surface area contributed by atoms with Crippen LogP contribution in [0.2, 0.25) is 0 Å². The maximum Gasteiger partial charge on any atom is 0.307 e. The smallest absolute Gasteiger partial charge is 0.307 e. The molecule has 0 atom stereocenters. The van der Waals surface area contributed by atoms with Gasteiger partial charge in [-0.25, -0.2) is 0 Å². The number of benzene rings is 1. The minimum absolute atomic E-state index is 0.108. The van der Waals surface area contributed by atoms with E-state index in [1.807, 2.05) is 26.2 Å². The monoisotopic (exact) mass is 210 g/mol. The van der Waals surface area contributed by atoms with E-state index in [0.717, 1.165) is 16.0 Å². The van der Waals surface area contributed by atoms with Crippen LogP contribution in [0.1, 0.15) is 16.7 Å². The van der Waals surface area contributed by atoms with E-state index in [-0.39, 0.29) is 6.42 Å². The number of hydrogen-bond acceptors (Lipinski definition) is 2. The van der Waals surface area contributed by atoms with Gasteiger partial charge in [-0.3, -0.25) is 4.79 Å². The van der Waals surface area contributed by atoms with Crippen LogP contribution >= 0.6 is 11.8 Å². The van der Waals surface area contributed by atoms with Gasteiger partial charge in [0.2, 0.25) is 0 Å². The van der Waals surface area contributed by atoms with Crippen molar-refractivity contribution in [1.29, 1.82) is 0 Å². The standard InChI is InChI=1S/C11H14O2S/c1-7-4-9(6-11(12)13)10(14-3)5-8(7)2/h4-5H,6H2,1-3H3,(H,12,13). The van der Waals surface area contributed by atoms with Gasteiger partial charge in [0, 0.05) is 4.90 Å². The van der Waals surface area contributed by atoms with Crippen LogP contribution in [0.3, 0.4) is 0 Å². The average molecular weight is 210 g/mol. The number of carbonyl (C=O) groups is 1. The first-order valence-electron chi connectivity index (χ1n) is 4.40. The fraction of sp³-hybridized carbons (Fsp3) is 0.364. The third-order valence-electron chi connectivity index (χ3n) is 2.24. The molecule has 0 aliphatic heterocycles. The quantitative estimate of drug-likeness (QED) is 0.779. The number of hydrogen-bond donors (Lipinski definition) is 1. The molecular formula is C11H14O2S. The van der Waals surface area contributed by atoms with Gasteiger partial charge in [0.15, 0.2) is 0 Å². The van der Waals surface area contributed by atoms with Crippen molar-refractivity contribution in [1.82, 2.24) is 0 Å². The van der Waals surface area contributed by atoms with Crippen molar-refractivity contribution < 1.29 is 9.90 Å². The zero-order valence-electron chi connectivity index (χ0n) is 8.63. The van der Waals surface area contributed by atoms with Crippen molar-refractivity contribution in [3.05, 3.63) is 28.8 Å². The number of rotatable bonds is 3. The molecule has 2 nitrogen and oxygen atoms in total. The van der Waals surface area contributed by atoms with Crippen LogP contribution in [0.4, 0.5) is 0 Å². The highest BCUT2D eigenvalue weighted by molar-refractivity contribution is 7.98. The Balaban J connectivity index is 3.13. The van der Waals surface area contributed by atoms with Crippen molar-refractivity contribution in [2.45, 2.75) is 25.2 Å². The van der Waals surface area contributed by atoms with E-state index in [1.165, 1.54) is 5.56 Å². The molecular weight excluding hydrogens is 196 g/mol. The number of thioether (sulfide) groups is 1. The Hall–Kier alpha value is -0.960. The van der Waals surface area contributed by atoms with E-state index >= 15 is 0 Å². The van der Waals surface area contributed by atoms with Crippen LogP contribution in [0.5, 0.6) is 0 Å². The van der Waals surface area contributed by atoms with Gasteiger partial charge in [-0.1, -0.05) is 6.07 Å². The molecule has 14 heavy (non-hydrogen) atoms. The highest BCUT2D eigenvalue weighted by Gasteiger charge is 2.07. The number of aliphatic carboxylic acids is 1. The fourth-order valence-corrected chi connectivity index (χ4v) is 2.03. The van der Waals surface area contributed by atoms with Crippen LogP contribution < -0.4 is 0 Å². The normalized spacial score (nSPS) is 10.2. The summed E-state index contributed by atoms with van der Waals surface area (Å²) in [7, 11) is 0. The Bertz CT molecular complexity index is 359. The number of carboxylic acids is 1. The van der Waals surface area contributed by atoms with E-state index in [2.05, 4.69) is 6.07 Å². The molecule has 1 aromatic carbocycles. The molecule has 1 N–H and O–H groups in total. The molecule has 0 unspecified atom stereocenters. The average Bonchev–Trinajstić information content (AvgIpc) is 2.10. The number of carboxylic acid groups (broad SMARTS) is 1. The van der Waals surface area contributed by atoms with Crippen molar-refractivity contribution in [2.75, 3.05) is 6.26 Å². The second-order valence-electron chi connectivity index (χ2n) is 3.32. The Labute approximate surface area is 88.3 Å². The molecule has 0 amide bonds. The van der Waals surface area contributed by atoms with E-state index in [1.54, 1.807) is 11.8 Å². The van der Waals surface area contributed by atoms with Gasteiger partial charge in [-0.05, 0) is 42.9 Å². The fourth-order valence-electron chi connectivity index (χ4n) is 1.34. The summed E-state index contributed by atoms with van der Waals surface area (Å²) in [5, 5.41) is 8.74. The molecule has 0 saturated heterocycles.